The van der Waals surface area contributed by atoms with Gasteiger partial charge in [0, 0.05) is 35.9 Å². The third kappa shape index (κ3) is 4.49. The van der Waals surface area contributed by atoms with E-state index >= 15 is 0 Å². The highest BCUT2D eigenvalue weighted by Gasteiger charge is 2.33. The second-order valence-corrected chi connectivity index (χ2v) is 9.67. The van der Waals surface area contributed by atoms with Crippen LogP contribution in [0.15, 0.2) is 103 Å². The van der Waals surface area contributed by atoms with E-state index in [0.717, 1.165) is 35.5 Å². The van der Waals surface area contributed by atoms with E-state index in [4.69, 9.17) is 0 Å². The summed E-state index contributed by atoms with van der Waals surface area (Å²) in [5.41, 5.74) is 5.88. The lowest BCUT2D eigenvalue weighted by atomic mass is 9.99. The molecule has 4 aromatic carbocycles. The van der Waals surface area contributed by atoms with Gasteiger partial charge in [-0.05, 0) is 72.9 Å². The minimum absolute atomic E-state index is 0.0130. The zero-order chi connectivity index (χ0) is 25.2. The van der Waals surface area contributed by atoms with Gasteiger partial charge in [0.05, 0.1) is 11.4 Å². The van der Waals surface area contributed by atoms with Crippen molar-refractivity contribution in [2.75, 3.05) is 28.2 Å². The van der Waals surface area contributed by atoms with E-state index in [1.165, 1.54) is 12.8 Å². The lowest BCUT2D eigenvalue weighted by Crippen LogP contribution is -2.32. The van der Waals surface area contributed by atoms with Gasteiger partial charge >= 0.3 is 0 Å². The van der Waals surface area contributed by atoms with E-state index in [9.17, 15) is 9.59 Å². The van der Waals surface area contributed by atoms with Crippen molar-refractivity contribution in [2.24, 2.45) is 0 Å². The van der Waals surface area contributed by atoms with Crippen LogP contribution in [0.25, 0.3) is 11.1 Å². The van der Waals surface area contributed by atoms with Crippen molar-refractivity contribution in [3.63, 3.8) is 0 Å². The molecule has 1 fully saturated rings. The van der Waals surface area contributed by atoms with Gasteiger partial charge in [-0.2, -0.15) is 0 Å². The van der Waals surface area contributed by atoms with Crippen LogP contribution in [0.2, 0.25) is 0 Å². The maximum absolute atomic E-state index is 13.6. The number of carbonyl (C=O) groups excluding carboxylic acids is 2. The molecule has 0 saturated carbocycles. The van der Waals surface area contributed by atoms with Gasteiger partial charge in [-0.25, -0.2) is 0 Å². The maximum Gasteiger partial charge on any atom is 0.258 e. The van der Waals surface area contributed by atoms with Crippen molar-refractivity contribution < 1.29 is 9.59 Å². The van der Waals surface area contributed by atoms with E-state index in [0.29, 0.717) is 29.4 Å². The number of para-hydroxylation sites is 2. The molecule has 6 rings (SSSR count). The Kier molecular flexibility index (Phi) is 6.19. The standard InChI is InChI=1S/C32H29N3O2/c36-31(28-13-5-4-12-27(28)23-9-2-1-3-10-23)33-25-18-16-24(17-19-25)32(37)35-22-20-26-11-8-21-34(26)29-14-6-7-15-30(29)35/h1-7,9-10,12-19,26H,8,11,20-22H2,(H,33,36)/t26-/m0/s1. The molecule has 2 heterocycles. The number of hydrogen-bond donors (Lipinski definition) is 1. The van der Waals surface area contributed by atoms with Crippen LogP contribution in [-0.4, -0.2) is 30.9 Å². The summed E-state index contributed by atoms with van der Waals surface area (Å²) in [7, 11) is 0. The zero-order valence-corrected chi connectivity index (χ0v) is 20.6. The van der Waals surface area contributed by atoms with Gasteiger partial charge in [0.15, 0.2) is 0 Å². The molecule has 0 aromatic heterocycles. The quantitative estimate of drug-likeness (QED) is 0.352. The fraction of sp³-hybridized carbons (Fsp3) is 0.188. The Morgan fingerprint density at radius 3 is 2.22 bits per heavy atom. The lowest BCUT2D eigenvalue weighted by molar-refractivity contribution is 0.0985. The molecule has 0 radical (unpaired) electrons. The summed E-state index contributed by atoms with van der Waals surface area (Å²) in [5.74, 6) is -0.193. The molecule has 0 spiro atoms. The van der Waals surface area contributed by atoms with Crippen molar-refractivity contribution in [1.82, 2.24) is 0 Å². The summed E-state index contributed by atoms with van der Waals surface area (Å²) in [6.45, 7) is 1.75. The molecule has 1 atom stereocenters. The molecule has 2 aliphatic rings. The third-order valence-corrected chi connectivity index (χ3v) is 7.44. The van der Waals surface area contributed by atoms with E-state index in [1.54, 1.807) is 24.3 Å². The summed E-state index contributed by atoms with van der Waals surface area (Å²) >= 11 is 0. The first-order valence-corrected chi connectivity index (χ1v) is 12.9. The van der Waals surface area contributed by atoms with Crippen molar-refractivity contribution in [2.45, 2.75) is 25.3 Å². The first-order valence-electron chi connectivity index (χ1n) is 12.9. The van der Waals surface area contributed by atoms with E-state index in [-0.39, 0.29) is 11.8 Å². The molecule has 2 amide bonds. The number of hydrogen-bond acceptors (Lipinski definition) is 3. The minimum atomic E-state index is -0.180. The molecular weight excluding hydrogens is 458 g/mol. The summed E-state index contributed by atoms with van der Waals surface area (Å²) in [5, 5.41) is 3.00. The summed E-state index contributed by atoms with van der Waals surface area (Å²) in [6, 6.07) is 33.4. The Hall–Kier alpha value is -4.38. The predicted octanol–water partition coefficient (Wildman–Crippen LogP) is 6.63. The van der Waals surface area contributed by atoms with Gasteiger partial charge in [-0.1, -0.05) is 60.7 Å². The summed E-state index contributed by atoms with van der Waals surface area (Å²) < 4.78 is 0. The van der Waals surface area contributed by atoms with Gasteiger partial charge < -0.3 is 15.1 Å². The Bertz CT molecular complexity index is 1430. The largest absolute Gasteiger partial charge is 0.367 e. The van der Waals surface area contributed by atoms with Crippen LogP contribution < -0.4 is 15.1 Å². The molecule has 0 unspecified atom stereocenters. The van der Waals surface area contributed by atoms with Gasteiger partial charge in [-0.3, -0.25) is 9.59 Å². The van der Waals surface area contributed by atoms with Crippen LogP contribution in [0.1, 0.15) is 40.0 Å². The van der Waals surface area contributed by atoms with Crippen LogP contribution in [0, 0.1) is 0 Å². The van der Waals surface area contributed by atoms with Gasteiger partial charge in [-0.15, -0.1) is 0 Å². The highest BCUT2D eigenvalue weighted by atomic mass is 16.2. The summed E-state index contributed by atoms with van der Waals surface area (Å²) in [6.07, 6.45) is 3.35. The minimum Gasteiger partial charge on any atom is -0.367 e. The zero-order valence-electron chi connectivity index (χ0n) is 20.6. The SMILES string of the molecule is O=C(Nc1ccc(C(=O)N2CC[C@@H]3CCCN3c3ccccc32)cc1)c1ccccc1-c1ccccc1. The smallest absolute Gasteiger partial charge is 0.258 e. The lowest BCUT2D eigenvalue weighted by Gasteiger charge is -2.26. The van der Waals surface area contributed by atoms with Crippen LogP contribution in [0.3, 0.4) is 0 Å². The number of fused-ring (bicyclic) bond motifs is 3. The second-order valence-electron chi connectivity index (χ2n) is 9.67. The molecule has 5 nitrogen and oxygen atoms in total. The molecule has 0 aliphatic carbocycles. The van der Waals surface area contributed by atoms with Crippen molar-refractivity contribution >= 4 is 28.9 Å². The molecule has 37 heavy (non-hydrogen) atoms. The average Bonchev–Trinajstić information content (AvgIpc) is 3.36. The third-order valence-electron chi connectivity index (χ3n) is 7.44. The first kappa shape index (κ1) is 23.0. The normalized spacial score (nSPS) is 16.5. The fourth-order valence-corrected chi connectivity index (χ4v) is 5.60. The Labute approximate surface area is 217 Å². The van der Waals surface area contributed by atoms with Crippen LogP contribution >= 0.6 is 0 Å². The number of carbonyl (C=O) groups is 2. The molecule has 4 aromatic rings. The molecule has 2 aliphatic heterocycles. The maximum atomic E-state index is 13.6. The van der Waals surface area contributed by atoms with Crippen LogP contribution in [-0.2, 0) is 0 Å². The first-order chi connectivity index (χ1) is 18.2. The van der Waals surface area contributed by atoms with Crippen molar-refractivity contribution in [3.05, 3.63) is 114 Å². The number of anilines is 3. The topological polar surface area (TPSA) is 52.7 Å². The van der Waals surface area contributed by atoms with E-state index < -0.39 is 0 Å². The number of benzene rings is 4. The van der Waals surface area contributed by atoms with E-state index in [1.807, 2.05) is 71.6 Å². The number of rotatable bonds is 4. The van der Waals surface area contributed by atoms with Gasteiger partial charge in [0.1, 0.15) is 0 Å². The number of nitrogens with zero attached hydrogens (tertiary/aromatic N) is 2. The number of amides is 2. The Morgan fingerprint density at radius 1 is 0.703 bits per heavy atom. The van der Waals surface area contributed by atoms with Crippen molar-refractivity contribution in [3.8, 4) is 11.1 Å². The number of nitrogens with one attached hydrogen (secondary N) is 1. The highest BCUT2D eigenvalue weighted by molar-refractivity contribution is 6.10. The monoisotopic (exact) mass is 487 g/mol. The van der Waals surface area contributed by atoms with Crippen LogP contribution in [0.4, 0.5) is 17.1 Å². The van der Waals surface area contributed by atoms with E-state index in [2.05, 4.69) is 22.3 Å². The molecular formula is C32H29N3O2. The average molecular weight is 488 g/mol. The highest BCUT2D eigenvalue weighted by Crippen LogP contribution is 2.39. The van der Waals surface area contributed by atoms with Crippen molar-refractivity contribution in [1.29, 1.82) is 0 Å². The molecule has 1 N–H and O–H groups in total. The predicted molar refractivity (Wildman–Crippen MR) is 149 cm³/mol. The molecule has 184 valence electrons. The van der Waals surface area contributed by atoms with Gasteiger partial charge in [0.2, 0.25) is 0 Å². The Morgan fingerprint density at radius 2 is 1.41 bits per heavy atom. The van der Waals surface area contributed by atoms with Crippen LogP contribution in [0.5, 0.6) is 0 Å². The fourth-order valence-electron chi connectivity index (χ4n) is 5.60. The summed E-state index contributed by atoms with van der Waals surface area (Å²) in [4.78, 5) is 31.1. The molecule has 1 saturated heterocycles. The Balaban J connectivity index is 1.21. The molecule has 5 heteroatoms. The second kappa shape index (κ2) is 9.94. The van der Waals surface area contributed by atoms with Gasteiger partial charge in [0.25, 0.3) is 11.8 Å². The molecule has 0 bridgehead atoms.